The van der Waals surface area contributed by atoms with Crippen LogP contribution in [0.25, 0.3) is 275 Å². The van der Waals surface area contributed by atoms with Gasteiger partial charge in [0.05, 0.1) is 0 Å². The van der Waals surface area contributed by atoms with E-state index in [9.17, 15) is 0 Å². The molecule has 600 valence electrons. The van der Waals surface area contributed by atoms with Crippen LogP contribution in [0.5, 0.6) is 0 Å². The number of furan rings is 6. The maximum atomic E-state index is 7.26. The summed E-state index contributed by atoms with van der Waals surface area (Å²) >= 11 is 6.46. The summed E-state index contributed by atoms with van der Waals surface area (Å²) in [6.45, 7) is 0. The van der Waals surface area contributed by atoms with Gasteiger partial charge < -0.3 is 26.5 Å². The Hall–Kier alpha value is -16.2. The first-order chi connectivity index (χ1) is 63.4. The molecule has 128 heavy (non-hydrogen) atoms. The van der Waals surface area contributed by atoms with Gasteiger partial charge in [0.1, 0.15) is 76.2 Å². The number of para-hydroxylation sites is 3. The van der Waals surface area contributed by atoms with Crippen LogP contribution in [-0.2, 0) is 0 Å². The first-order valence-electron chi connectivity index (χ1n) is 41.8. The second-order valence-corrected chi connectivity index (χ2v) is 35.4. The molecule has 0 aliphatic rings. The van der Waals surface area contributed by atoms with Crippen LogP contribution < -0.4 is 0 Å². The third-order valence-electron chi connectivity index (χ3n) is 24.5. The zero-order chi connectivity index (χ0) is 84.0. The van der Waals surface area contributed by atoms with Crippen molar-refractivity contribution in [3.8, 4) is 176 Å². The predicted octanol–water partition coefficient (Wildman–Crippen LogP) is 32.3. The van der Waals surface area contributed by atoms with Crippen molar-refractivity contribution in [2.45, 2.75) is 0 Å². The van der Waals surface area contributed by atoms with Gasteiger partial charge in [-0.05, 0) is 164 Å². The summed E-state index contributed by atoms with van der Waals surface area (Å²) in [5.74, 6) is 1.24. The molecule has 0 spiro atoms. The highest BCUT2D eigenvalue weighted by atomic mass is 32.1. The maximum Gasteiger partial charge on any atom is 0.173 e. The summed E-state index contributed by atoms with van der Waals surface area (Å²) in [7, 11) is 0. The van der Waals surface area contributed by atoms with Crippen molar-refractivity contribution in [3.05, 3.63) is 369 Å². The molecule has 13 aromatic heterocycles. The lowest BCUT2D eigenvalue weighted by Crippen LogP contribution is -1.88. The molecule has 0 aliphatic heterocycles. The summed E-state index contributed by atoms with van der Waals surface area (Å²) in [5.41, 5.74) is 32.3. The number of hydrogen-bond donors (Lipinski definition) is 0. The molecule has 0 bridgehead atoms. The number of fused-ring (bicyclic) bond motifs is 13. The third-order valence-corrected chi connectivity index (χ3v) is 27.7. The summed E-state index contributed by atoms with van der Waals surface area (Å²) in [6.07, 6.45) is 18.6. The molecule has 0 unspecified atom stereocenters. The summed E-state index contributed by atoms with van der Waals surface area (Å²) in [6, 6.07) is 100. The van der Waals surface area contributed by atoms with Crippen molar-refractivity contribution in [2.24, 2.45) is 0 Å². The summed E-state index contributed by atoms with van der Waals surface area (Å²) in [5, 5.41) is 19.5. The lowest BCUT2D eigenvalue weighted by molar-refractivity contribution is 0.622. The Labute approximate surface area is 744 Å². The van der Waals surface area contributed by atoms with E-state index >= 15 is 0 Å². The van der Waals surface area contributed by atoms with E-state index in [4.69, 9.17) is 51.4 Å². The van der Waals surface area contributed by atoms with Crippen LogP contribution in [0.2, 0.25) is 0 Å². The second-order valence-electron chi connectivity index (χ2n) is 31.8. The molecule has 26 rings (SSSR count). The van der Waals surface area contributed by atoms with Gasteiger partial charge in [0.25, 0.3) is 0 Å². The molecule has 0 saturated heterocycles. The Morgan fingerprint density at radius 1 is 0.172 bits per heavy atom. The largest absolute Gasteiger partial charge is 0.455 e. The van der Waals surface area contributed by atoms with Crippen LogP contribution in [0.15, 0.2) is 395 Å². The van der Waals surface area contributed by atoms with Crippen LogP contribution in [0.3, 0.4) is 0 Å². The molecule has 26 aromatic rings. The molecule has 0 saturated carbocycles. The van der Waals surface area contributed by atoms with Crippen LogP contribution in [0.1, 0.15) is 0 Å². The van der Waals surface area contributed by atoms with Crippen LogP contribution in [-0.4, -0.2) is 34.9 Å². The van der Waals surface area contributed by atoms with E-state index in [0.29, 0.717) is 22.7 Å². The highest BCUT2D eigenvalue weighted by Crippen LogP contribution is 2.52. The topological polar surface area (TPSA) is 169 Å². The smallest absolute Gasteiger partial charge is 0.173 e. The number of thiazole rings is 4. The Balaban J connectivity index is 0.651. The molecule has 13 heterocycles. The molecule has 0 radical (unpaired) electrons. The SMILES string of the molecule is c1cncc(-c2cc(-c3cc(-c4ccc5oc6c(-c7ccccc7-c7nccs7)cccc6c5c4)cc(-c4cc5oc(-c6cc(-c7ccc8oc9c(-c%10ccccc%10-c%10nccs%10)cncc9c8c7)cc(-c7cc(-c8cccnc8)c8oc9c(-c%10ccccc%10-c%10nccs%10)cccc9c8c7)c6)cc5o4)c3)cc3c2oc2c(-c4ccccc4-c4nccs4)cccc23)c1. The van der Waals surface area contributed by atoms with Crippen molar-refractivity contribution in [3.63, 3.8) is 0 Å². The Bertz CT molecular complexity index is 8370. The van der Waals surface area contributed by atoms with Crippen LogP contribution >= 0.6 is 45.3 Å². The van der Waals surface area contributed by atoms with Crippen molar-refractivity contribution >= 4 is 144 Å². The highest BCUT2D eigenvalue weighted by Gasteiger charge is 2.28. The first kappa shape index (κ1) is 73.4. The Kier molecular flexibility index (Phi) is 17.1. The van der Waals surface area contributed by atoms with E-state index in [-0.39, 0.29) is 0 Å². The van der Waals surface area contributed by atoms with Gasteiger partial charge >= 0.3 is 0 Å². The quantitative estimate of drug-likeness (QED) is 0.0896. The van der Waals surface area contributed by atoms with Gasteiger partial charge in [0.15, 0.2) is 11.2 Å². The molecule has 0 N–H and O–H groups in total. The Morgan fingerprint density at radius 3 is 0.906 bits per heavy atom. The van der Waals surface area contributed by atoms with Gasteiger partial charge in [-0.2, -0.15) is 0 Å². The molecular formula is C111H61N7O6S4. The minimum absolute atomic E-state index is 0.577. The predicted molar refractivity (Wildman–Crippen MR) is 521 cm³/mol. The Morgan fingerprint density at radius 2 is 0.508 bits per heavy atom. The molecule has 0 aliphatic carbocycles. The van der Waals surface area contributed by atoms with E-state index in [2.05, 4.69) is 259 Å². The number of hydrogen-bond acceptors (Lipinski definition) is 17. The normalized spacial score (nSPS) is 11.9. The van der Waals surface area contributed by atoms with Gasteiger partial charge in [0, 0.05) is 217 Å². The molecule has 13 aromatic carbocycles. The third kappa shape index (κ3) is 12.3. The molecule has 0 atom stereocenters. The maximum absolute atomic E-state index is 7.26. The summed E-state index contributed by atoms with van der Waals surface area (Å²) in [4.78, 5) is 33.3. The zero-order valence-electron chi connectivity index (χ0n) is 67.4. The van der Waals surface area contributed by atoms with Gasteiger partial charge in [-0.15, -0.1) is 45.3 Å². The first-order valence-corrected chi connectivity index (χ1v) is 45.3. The highest BCUT2D eigenvalue weighted by molar-refractivity contribution is 7.14. The standard InChI is InChI=1S/C111H61N7O6S4/c1-5-20-84(108-115-36-40-125-108)74(16-1)78-24-9-27-81-90-50-62(30-32-96(90)121-102(78)81)66-44-68(70-52-88(64-14-12-34-112-58-64)105-92(54-70)82-28-10-25-79(103(82)123-105)75-17-2-6-21-85(75)109-116-37-41-126-109)48-72(46-66)98-56-100-101(119-98)57-99(120-100)73-47-67(63-31-33-97-91(51-63)95-61-114-60-94(107(95)122-97)77-19-4-8-23-87(77)111-118-39-43-128-111)45-69(49-73)71-53-89(65-15-13-35-113-59-65)106-93(55-71)83-29-11-26-80(104(83)124-106)76-18-3-7-22-86(76)110-117-38-42-127-110/h1-61H. The number of benzene rings is 13. The molecule has 13 nitrogen and oxygen atoms in total. The van der Waals surface area contributed by atoms with Crippen molar-refractivity contribution in [1.29, 1.82) is 0 Å². The molecule has 17 heteroatoms. The summed E-state index contributed by atoms with van der Waals surface area (Å²) < 4.78 is 42.9. The number of nitrogens with zero attached hydrogens (tertiary/aromatic N) is 7. The van der Waals surface area contributed by atoms with Gasteiger partial charge in [-0.1, -0.05) is 176 Å². The van der Waals surface area contributed by atoms with Crippen LogP contribution in [0, 0.1) is 0 Å². The average molecular weight is 1720 g/mol. The lowest BCUT2D eigenvalue weighted by atomic mass is 9.91. The van der Waals surface area contributed by atoms with E-state index in [1.165, 1.54) is 0 Å². The van der Waals surface area contributed by atoms with E-state index in [1.54, 1.807) is 57.7 Å². The zero-order valence-corrected chi connectivity index (χ0v) is 70.7. The van der Waals surface area contributed by atoms with Crippen LogP contribution in [0.4, 0.5) is 0 Å². The van der Waals surface area contributed by atoms with Gasteiger partial charge in [-0.25, -0.2) is 19.9 Å². The molecule has 0 fully saturated rings. The minimum atomic E-state index is 0.577. The molecular weight excluding hydrogens is 1660 g/mol. The molecule has 0 amide bonds. The number of aromatic nitrogens is 7. The van der Waals surface area contributed by atoms with Gasteiger partial charge in [0.2, 0.25) is 0 Å². The average Bonchev–Trinajstić information content (AvgIpc) is 1.51. The van der Waals surface area contributed by atoms with E-state index < -0.39 is 0 Å². The fraction of sp³-hybridized carbons (Fsp3) is 0. The van der Waals surface area contributed by atoms with Gasteiger partial charge in [-0.3, -0.25) is 15.0 Å². The number of pyridine rings is 3. The monoisotopic (exact) mass is 1720 g/mol. The van der Waals surface area contributed by atoms with Crippen molar-refractivity contribution < 1.29 is 26.5 Å². The fourth-order valence-electron chi connectivity index (χ4n) is 18.7. The second kappa shape index (κ2) is 29.8. The lowest BCUT2D eigenvalue weighted by Gasteiger charge is -2.12. The fourth-order valence-corrected chi connectivity index (χ4v) is 21.4. The van der Waals surface area contributed by atoms with Crippen molar-refractivity contribution in [2.75, 3.05) is 0 Å². The minimum Gasteiger partial charge on any atom is -0.455 e. The number of rotatable bonds is 16. The van der Waals surface area contributed by atoms with E-state index in [1.807, 2.05) is 107 Å². The van der Waals surface area contributed by atoms with E-state index in [0.717, 1.165) is 252 Å². The van der Waals surface area contributed by atoms with Crippen molar-refractivity contribution in [1.82, 2.24) is 34.9 Å².